The van der Waals surface area contributed by atoms with E-state index in [2.05, 4.69) is 16.6 Å². The van der Waals surface area contributed by atoms with Gasteiger partial charge in [-0.25, -0.2) is 4.98 Å². The summed E-state index contributed by atoms with van der Waals surface area (Å²) in [5, 5.41) is 1.94. The fraction of sp³-hybridized carbons (Fsp3) is 0.500. The number of piperidine rings is 1. The summed E-state index contributed by atoms with van der Waals surface area (Å²) in [5.41, 5.74) is 0.581. The van der Waals surface area contributed by atoms with E-state index in [9.17, 15) is 8.42 Å². The molecule has 0 bridgehead atoms. The van der Waals surface area contributed by atoms with Crippen LogP contribution in [0.25, 0.3) is 10.8 Å². The molecule has 1 aliphatic heterocycles. The Bertz CT molecular complexity index is 710. The van der Waals surface area contributed by atoms with Crippen molar-refractivity contribution in [3.8, 4) is 10.8 Å². The van der Waals surface area contributed by atoms with Crippen LogP contribution >= 0.6 is 11.3 Å². The summed E-state index contributed by atoms with van der Waals surface area (Å²) >= 11 is 1.53. The lowest BCUT2D eigenvalue weighted by molar-refractivity contribution is 0.278. The molecule has 6 nitrogen and oxygen atoms in total. The third kappa shape index (κ3) is 3.57. The van der Waals surface area contributed by atoms with Gasteiger partial charge in [0, 0.05) is 13.1 Å². The Kier molecular flexibility index (Phi) is 4.62. The molecule has 2 aromatic heterocycles. The van der Waals surface area contributed by atoms with Gasteiger partial charge in [-0.1, -0.05) is 13.0 Å². The van der Waals surface area contributed by atoms with Crippen molar-refractivity contribution in [2.45, 2.75) is 26.3 Å². The van der Waals surface area contributed by atoms with Crippen LogP contribution in [0.2, 0.25) is 0 Å². The predicted molar refractivity (Wildman–Crippen MR) is 85.5 cm³/mol. The summed E-state index contributed by atoms with van der Waals surface area (Å²) in [6, 6.07) is 3.84. The van der Waals surface area contributed by atoms with E-state index in [0.717, 1.165) is 17.7 Å². The highest BCUT2D eigenvalue weighted by molar-refractivity contribution is 7.87. The van der Waals surface area contributed by atoms with Crippen LogP contribution in [0, 0.1) is 5.92 Å². The summed E-state index contributed by atoms with van der Waals surface area (Å²) in [5.74, 6) is 0.929. The zero-order chi connectivity index (χ0) is 15.6. The van der Waals surface area contributed by atoms with E-state index in [4.69, 9.17) is 4.42 Å². The van der Waals surface area contributed by atoms with Crippen molar-refractivity contribution in [3.63, 3.8) is 0 Å². The van der Waals surface area contributed by atoms with Gasteiger partial charge in [0.25, 0.3) is 10.2 Å². The van der Waals surface area contributed by atoms with Crippen LogP contribution in [-0.2, 0) is 16.8 Å². The summed E-state index contributed by atoms with van der Waals surface area (Å²) < 4.78 is 34.1. The van der Waals surface area contributed by atoms with E-state index in [1.807, 2.05) is 17.5 Å². The fourth-order valence-electron chi connectivity index (χ4n) is 2.52. The molecule has 120 valence electrons. The van der Waals surface area contributed by atoms with Crippen molar-refractivity contribution < 1.29 is 12.8 Å². The molecule has 0 aromatic carbocycles. The minimum absolute atomic E-state index is 0.141. The van der Waals surface area contributed by atoms with Crippen molar-refractivity contribution in [2.75, 3.05) is 13.1 Å². The van der Waals surface area contributed by atoms with Crippen molar-refractivity contribution in [2.24, 2.45) is 5.92 Å². The van der Waals surface area contributed by atoms with Crippen LogP contribution < -0.4 is 4.72 Å². The fourth-order valence-corrected chi connectivity index (χ4v) is 4.51. The van der Waals surface area contributed by atoms with E-state index in [1.54, 1.807) is 0 Å². The van der Waals surface area contributed by atoms with Gasteiger partial charge in [0.1, 0.15) is 6.26 Å². The maximum Gasteiger partial charge on any atom is 0.279 e. The second-order valence-electron chi connectivity index (χ2n) is 5.55. The normalized spacial score (nSPS) is 20.3. The van der Waals surface area contributed by atoms with Gasteiger partial charge in [0.2, 0.25) is 5.89 Å². The molecule has 0 unspecified atom stereocenters. The van der Waals surface area contributed by atoms with Crippen LogP contribution in [0.3, 0.4) is 0 Å². The Hall–Kier alpha value is -1.22. The molecule has 0 amide bonds. The minimum atomic E-state index is -3.45. The lowest BCUT2D eigenvalue weighted by atomic mass is 10.0. The largest absolute Gasteiger partial charge is 0.444 e. The van der Waals surface area contributed by atoms with Crippen molar-refractivity contribution in [1.82, 2.24) is 14.0 Å². The molecule has 8 heteroatoms. The predicted octanol–water partition coefficient (Wildman–Crippen LogP) is 2.47. The first-order chi connectivity index (χ1) is 10.5. The van der Waals surface area contributed by atoms with E-state index < -0.39 is 10.2 Å². The Balaban J connectivity index is 1.62. The Morgan fingerprint density at radius 1 is 1.55 bits per heavy atom. The Morgan fingerprint density at radius 2 is 2.41 bits per heavy atom. The number of nitrogens with one attached hydrogen (secondary N) is 1. The number of rotatable bonds is 5. The van der Waals surface area contributed by atoms with E-state index in [-0.39, 0.29) is 6.54 Å². The van der Waals surface area contributed by atoms with E-state index >= 15 is 0 Å². The second kappa shape index (κ2) is 6.49. The summed E-state index contributed by atoms with van der Waals surface area (Å²) in [6.07, 6.45) is 3.49. The zero-order valence-corrected chi connectivity index (χ0v) is 14.0. The minimum Gasteiger partial charge on any atom is -0.444 e. The molecule has 1 N–H and O–H groups in total. The van der Waals surface area contributed by atoms with Gasteiger partial charge in [-0.05, 0) is 30.2 Å². The summed E-state index contributed by atoms with van der Waals surface area (Å²) in [6.45, 7) is 3.38. The summed E-state index contributed by atoms with van der Waals surface area (Å²) in [4.78, 5) is 5.24. The van der Waals surface area contributed by atoms with Crippen LogP contribution in [0.5, 0.6) is 0 Å². The first-order valence-corrected chi connectivity index (χ1v) is 9.59. The highest BCUT2D eigenvalue weighted by atomic mass is 32.2. The maximum atomic E-state index is 12.3. The molecule has 0 aliphatic carbocycles. The first kappa shape index (κ1) is 15.7. The monoisotopic (exact) mass is 341 g/mol. The number of hydrogen-bond acceptors (Lipinski definition) is 5. The number of hydrogen-bond donors (Lipinski definition) is 1. The van der Waals surface area contributed by atoms with Crippen molar-refractivity contribution in [1.29, 1.82) is 0 Å². The van der Waals surface area contributed by atoms with E-state index in [0.29, 0.717) is 30.6 Å². The number of oxazole rings is 1. The van der Waals surface area contributed by atoms with Gasteiger partial charge < -0.3 is 4.42 Å². The number of nitrogens with zero attached hydrogens (tertiary/aromatic N) is 2. The molecule has 0 saturated carbocycles. The van der Waals surface area contributed by atoms with Crippen LogP contribution in [0.4, 0.5) is 0 Å². The van der Waals surface area contributed by atoms with E-state index in [1.165, 1.54) is 21.9 Å². The lowest BCUT2D eigenvalue weighted by Gasteiger charge is -2.29. The smallest absolute Gasteiger partial charge is 0.279 e. The molecule has 1 fully saturated rings. The average molecular weight is 341 g/mol. The molecular weight excluding hydrogens is 322 g/mol. The van der Waals surface area contributed by atoms with Crippen molar-refractivity contribution >= 4 is 21.5 Å². The highest BCUT2D eigenvalue weighted by Crippen LogP contribution is 2.23. The average Bonchev–Trinajstić information content (AvgIpc) is 3.16. The maximum absolute atomic E-state index is 12.3. The first-order valence-electron chi connectivity index (χ1n) is 7.27. The SMILES string of the molecule is C[C@H]1CCCN(S(=O)(=O)NCc2coc(-c3cccs3)n2)C1. The van der Waals surface area contributed by atoms with Crippen LogP contribution in [-0.4, -0.2) is 30.8 Å². The second-order valence-corrected chi connectivity index (χ2v) is 8.26. The quantitative estimate of drug-likeness (QED) is 0.906. The molecule has 0 spiro atoms. The van der Waals surface area contributed by atoms with Gasteiger partial charge in [-0.15, -0.1) is 11.3 Å². The van der Waals surface area contributed by atoms with Gasteiger partial charge in [-0.3, -0.25) is 0 Å². The van der Waals surface area contributed by atoms with Gasteiger partial charge in [0.15, 0.2) is 0 Å². The standard InChI is InChI=1S/C14H19N3O3S2/c1-11-4-2-6-17(9-11)22(18,19)15-8-12-10-20-14(16-12)13-5-3-7-21-13/h3,5,7,10-11,15H,2,4,6,8-9H2,1H3/t11-/m0/s1. The summed E-state index contributed by atoms with van der Waals surface area (Å²) in [7, 11) is -3.45. The van der Waals surface area contributed by atoms with Crippen LogP contribution in [0.1, 0.15) is 25.5 Å². The third-order valence-corrected chi connectivity index (χ3v) is 6.06. The molecule has 3 rings (SSSR count). The van der Waals surface area contributed by atoms with Crippen molar-refractivity contribution in [3.05, 3.63) is 29.5 Å². The van der Waals surface area contributed by atoms with Gasteiger partial charge in [0.05, 0.1) is 17.1 Å². The molecular formula is C14H19N3O3S2. The molecule has 2 aromatic rings. The topological polar surface area (TPSA) is 75.4 Å². The van der Waals surface area contributed by atoms with Gasteiger partial charge >= 0.3 is 0 Å². The molecule has 1 atom stereocenters. The molecule has 0 radical (unpaired) electrons. The zero-order valence-electron chi connectivity index (χ0n) is 12.4. The van der Waals surface area contributed by atoms with Gasteiger partial charge in [-0.2, -0.15) is 17.4 Å². The number of aromatic nitrogens is 1. The lowest BCUT2D eigenvalue weighted by Crippen LogP contribution is -2.45. The molecule has 1 aliphatic rings. The molecule has 1 saturated heterocycles. The molecule has 3 heterocycles. The number of thiophene rings is 1. The molecule has 22 heavy (non-hydrogen) atoms. The van der Waals surface area contributed by atoms with Crippen LogP contribution in [0.15, 0.2) is 28.2 Å². The highest BCUT2D eigenvalue weighted by Gasteiger charge is 2.26. The third-order valence-electron chi connectivity index (χ3n) is 3.68. The Morgan fingerprint density at radius 3 is 3.14 bits per heavy atom. The Labute approximate surface area is 134 Å².